The van der Waals surface area contributed by atoms with Gasteiger partial charge in [-0.3, -0.25) is 4.79 Å². The monoisotopic (exact) mass is 393 g/mol. The summed E-state index contributed by atoms with van der Waals surface area (Å²) in [6, 6.07) is 10.2. The van der Waals surface area contributed by atoms with Crippen LogP contribution in [0.2, 0.25) is 0 Å². The van der Waals surface area contributed by atoms with E-state index in [1.807, 2.05) is 0 Å². The van der Waals surface area contributed by atoms with Crippen LogP contribution in [0, 0.1) is 11.6 Å². The van der Waals surface area contributed by atoms with Gasteiger partial charge in [-0.15, -0.1) is 0 Å². The van der Waals surface area contributed by atoms with Gasteiger partial charge in [0.15, 0.2) is 0 Å². The zero-order valence-electron chi connectivity index (χ0n) is 14.0. The molecule has 1 amide bonds. The minimum atomic E-state index is -4.54. The molecule has 0 unspecified atom stereocenters. The van der Waals surface area contributed by atoms with Gasteiger partial charge in [0.25, 0.3) is 5.91 Å². The van der Waals surface area contributed by atoms with E-state index in [0.29, 0.717) is 6.07 Å². The summed E-state index contributed by atoms with van der Waals surface area (Å²) in [6.45, 7) is 0. The molecule has 0 aliphatic carbocycles. The number of carbonyl (C=O) groups is 1. The molecule has 0 saturated carbocycles. The number of para-hydroxylation sites is 1. The second-order valence-corrected chi connectivity index (χ2v) is 5.68. The summed E-state index contributed by atoms with van der Waals surface area (Å²) in [5, 5.41) is 4.81. The molecule has 0 radical (unpaired) electrons. The summed E-state index contributed by atoms with van der Waals surface area (Å²) in [5.41, 5.74) is -1.22. The van der Waals surface area contributed by atoms with Crippen LogP contribution in [0.3, 0.4) is 0 Å². The first-order valence-corrected chi connectivity index (χ1v) is 7.90. The van der Waals surface area contributed by atoms with Crippen molar-refractivity contribution in [2.24, 2.45) is 0 Å². The Morgan fingerprint density at radius 1 is 0.929 bits per heavy atom. The van der Waals surface area contributed by atoms with Crippen molar-refractivity contribution in [3.63, 3.8) is 0 Å². The number of carbonyl (C=O) groups excluding carboxylic acids is 1. The molecule has 144 valence electrons. The smallest absolute Gasteiger partial charge is 0.340 e. The molecular weight excluding hydrogens is 381 g/mol. The minimum absolute atomic E-state index is 0.0402. The van der Waals surface area contributed by atoms with Crippen LogP contribution in [0.1, 0.15) is 15.9 Å². The number of amides is 1. The van der Waals surface area contributed by atoms with Gasteiger partial charge in [0.1, 0.15) is 17.5 Å². The molecular formula is C19H12F5N3O. The van der Waals surface area contributed by atoms with Crippen LogP contribution in [0.5, 0.6) is 0 Å². The Balaban J connectivity index is 1.74. The van der Waals surface area contributed by atoms with Crippen LogP contribution in [-0.2, 0) is 6.18 Å². The molecule has 28 heavy (non-hydrogen) atoms. The highest BCUT2D eigenvalue weighted by Crippen LogP contribution is 2.35. The third kappa shape index (κ3) is 4.43. The maximum atomic E-state index is 13.6. The lowest BCUT2D eigenvalue weighted by molar-refractivity contribution is -0.136. The Labute approximate surface area is 156 Å². The molecule has 9 heteroatoms. The average Bonchev–Trinajstić information content (AvgIpc) is 2.64. The first-order chi connectivity index (χ1) is 13.2. The summed E-state index contributed by atoms with van der Waals surface area (Å²) < 4.78 is 65.5. The van der Waals surface area contributed by atoms with Crippen molar-refractivity contribution < 1.29 is 26.7 Å². The van der Waals surface area contributed by atoms with Crippen molar-refractivity contribution >= 4 is 23.1 Å². The second kappa shape index (κ2) is 7.63. The number of anilines is 3. The van der Waals surface area contributed by atoms with E-state index in [0.717, 1.165) is 24.4 Å². The fourth-order valence-corrected chi connectivity index (χ4v) is 2.36. The van der Waals surface area contributed by atoms with Gasteiger partial charge in [-0.1, -0.05) is 12.1 Å². The molecule has 0 aliphatic rings. The molecule has 2 N–H and O–H groups in total. The molecule has 0 saturated heterocycles. The molecule has 0 spiro atoms. The molecule has 1 aromatic heterocycles. The van der Waals surface area contributed by atoms with Crippen LogP contribution in [0.4, 0.5) is 39.1 Å². The maximum absolute atomic E-state index is 13.6. The van der Waals surface area contributed by atoms with Crippen LogP contribution >= 0.6 is 0 Å². The average molecular weight is 393 g/mol. The first-order valence-electron chi connectivity index (χ1n) is 7.90. The molecule has 0 bridgehead atoms. The summed E-state index contributed by atoms with van der Waals surface area (Å²) in [5.74, 6) is -2.35. The van der Waals surface area contributed by atoms with Crippen molar-refractivity contribution in [2.45, 2.75) is 6.18 Å². The fourth-order valence-electron chi connectivity index (χ4n) is 2.36. The zero-order chi connectivity index (χ0) is 20.3. The Bertz CT molecular complexity index is 1000. The molecule has 3 aromatic rings. The van der Waals surface area contributed by atoms with Crippen molar-refractivity contribution in [3.8, 4) is 0 Å². The van der Waals surface area contributed by atoms with Crippen molar-refractivity contribution in [2.75, 3.05) is 10.6 Å². The number of benzene rings is 2. The van der Waals surface area contributed by atoms with Crippen LogP contribution in [-0.4, -0.2) is 10.9 Å². The summed E-state index contributed by atoms with van der Waals surface area (Å²) in [7, 11) is 0. The number of hydrogen-bond acceptors (Lipinski definition) is 3. The van der Waals surface area contributed by atoms with E-state index in [1.54, 1.807) is 0 Å². The lowest BCUT2D eigenvalue weighted by Crippen LogP contribution is -2.13. The number of nitrogens with one attached hydrogen (secondary N) is 2. The van der Waals surface area contributed by atoms with E-state index >= 15 is 0 Å². The predicted molar refractivity (Wildman–Crippen MR) is 93.3 cm³/mol. The molecule has 1 heterocycles. The Morgan fingerprint density at radius 2 is 1.68 bits per heavy atom. The van der Waals surface area contributed by atoms with Crippen molar-refractivity contribution in [3.05, 3.63) is 83.6 Å². The Kier molecular flexibility index (Phi) is 5.25. The van der Waals surface area contributed by atoms with Gasteiger partial charge in [0, 0.05) is 12.3 Å². The standard InChI is InChI=1S/C19H12F5N3O/c20-12-6-7-16(14(21)9-12)27-18(28)11-5-8-17(25-10-11)26-15-4-2-1-3-13(15)19(22,23)24/h1-10H,(H,25,26)(H,27,28). The predicted octanol–water partition coefficient (Wildman–Crippen LogP) is 5.37. The highest BCUT2D eigenvalue weighted by atomic mass is 19.4. The zero-order valence-corrected chi connectivity index (χ0v) is 14.0. The highest BCUT2D eigenvalue weighted by molar-refractivity contribution is 6.04. The number of aromatic nitrogens is 1. The molecule has 2 aromatic carbocycles. The Hall–Kier alpha value is -3.49. The fraction of sp³-hybridized carbons (Fsp3) is 0.0526. The lowest BCUT2D eigenvalue weighted by Gasteiger charge is -2.14. The summed E-state index contributed by atoms with van der Waals surface area (Å²) in [4.78, 5) is 16.0. The molecule has 0 fully saturated rings. The summed E-state index contributed by atoms with van der Waals surface area (Å²) in [6.07, 6.45) is -3.42. The first kappa shape index (κ1) is 19.3. The largest absolute Gasteiger partial charge is 0.418 e. The van der Waals surface area contributed by atoms with Gasteiger partial charge < -0.3 is 10.6 Å². The van der Waals surface area contributed by atoms with Crippen LogP contribution in [0.15, 0.2) is 60.8 Å². The number of hydrogen-bond donors (Lipinski definition) is 2. The number of pyridine rings is 1. The van der Waals surface area contributed by atoms with Crippen LogP contribution < -0.4 is 10.6 Å². The van der Waals surface area contributed by atoms with Crippen molar-refractivity contribution in [1.29, 1.82) is 0 Å². The van der Waals surface area contributed by atoms with E-state index in [9.17, 15) is 26.7 Å². The van der Waals surface area contributed by atoms with E-state index in [-0.39, 0.29) is 22.8 Å². The summed E-state index contributed by atoms with van der Waals surface area (Å²) >= 11 is 0. The topological polar surface area (TPSA) is 54.0 Å². The normalized spacial score (nSPS) is 11.2. The number of nitrogens with zero attached hydrogens (tertiary/aromatic N) is 1. The molecule has 0 atom stereocenters. The van der Waals surface area contributed by atoms with Crippen LogP contribution in [0.25, 0.3) is 0 Å². The second-order valence-electron chi connectivity index (χ2n) is 5.68. The van der Waals surface area contributed by atoms with E-state index < -0.39 is 29.3 Å². The SMILES string of the molecule is O=C(Nc1ccc(F)cc1F)c1ccc(Nc2ccccc2C(F)(F)F)nc1. The van der Waals surface area contributed by atoms with E-state index in [1.165, 1.54) is 30.3 Å². The number of rotatable bonds is 4. The molecule has 0 aliphatic heterocycles. The maximum Gasteiger partial charge on any atom is 0.418 e. The highest BCUT2D eigenvalue weighted by Gasteiger charge is 2.33. The van der Waals surface area contributed by atoms with E-state index in [4.69, 9.17) is 0 Å². The minimum Gasteiger partial charge on any atom is -0.340 e. The Morgan fingerprint density at radius 3 is 2.32 bits per heavy atom. The third-order valence-electron chi connectivity index (χ3n) is 3.70. The van der Waals surface area contributed by atoms with E-state index in [2.05, 4.69) is 15.6 Å². The molecule has 4 nitrogen and oxygen atoms in total. The number of halogens is 5. The van der Waals surface area contributed by atoms with Gasteiger partial charge in [0.2, 0.25) is 0 Å². The van der Waals surface area contributed by atoms with Gasteiger partial charge in [-0.25, -0.2) is 13.8 Å². The van der Waals surface area contributed by atoms with Crippen molar-refractivity contribution in [1.82, 2.24) is 4.98 Å². The van der Waals surface area contributed by atoms with Gasteiger partial charge in [0.05, 0.1) is 22.5 Å². The van der Waals surface area contributed by atoms with Gasteiger partial charge >= 0.3 is 6.18 Å². The van der Waals surface area contributed by atoms with Gasteiger partial charge in [-0.05, 0) is 36.4 Å². The number of alkyl halides is 3. The third-order valence-corrected chi connectivity index (χ3v) is 3.70. The van der Waals surface area contributed by atoms with Gasteiger partial charge in [-0.2, -0.15) is 13.2 Å². The quantitative estimate of drug-likeness (QED) is 0.586. The molecule has 3 rings (SSSR count). The lowest BCUT2D eigenvalue weighted by atomic mass is 10.1.